The van der Waals surface area contributed by atoms with Gasteiger partial charge in [0.25, 0.3) is 0 Å². The van der Waals surface area contributed by atoms with Crippen molar-refractivity contribution >= 4 is 12.1 Å². The van der Waals surface area contributed by atoms with E-state index >= 15 is 0 Å². The van der Waals surface area contributed by atoms with Gasteiger partial charge in [0.15, 0.2) is 0 Å². The number of unbranched alkanes of at least 4 members (excludes halogenated alkanes) is 17. The molecule has 0 rings (SSSR count). The molecule has 0 aliphatic heterocycles. The molecule has 0 spiro atoms. The lowest BCUT2D eigenvalue weighted by Gasteiger charge is -2.05. The fourth-order valence-corrected chi connectivity index (χ4v) is 3.50. The predicted octanol–water partition coefficient (Wildman–Crippen LogP) is 8.51. The number of hydrogen-bond donors (Lipinski definition) is 0. The smallest absolute Gasteiger partial charge is 0.434 e. The zero-order valence-corrected chi connectivity index (χ0v) is 19.5. The zero-order chi connectivity index (χ0) is 21.4. The Morgan fingerprint density at radius 3 is 1.34 bits per heavy atom. The molecule has 4 heteroatoms. The lowest BCUT2D eigenvalue weighted by atomic mass is 10.1. The van der Waals surface area contributed by atoms with E-state index in [0.29, 0.717) is 13.0 Å². The van der Waals surface area contributed by atoms with Crippen molar-refractivity contribution in [1.82, 2.24) is 0 Å². The molecule has 0 atom stereocenters. The molecule has 0 aromatic heterocycles. The molecule has 0 saturated carbocycles. The second-order valence-electron chi connectivity index (χ2n) is 8.33. The Kier molecular flexibility index (Phi) is 22.4. The second kappa shape index (κ2) is 23.2. The monoisotopic (exact) mass is 412 g/mol. The fraction of sp³-hybridized carbons (Fsp3) is 0.920. The van der Waals surface area contributed by atoms with Crippen LogP contribution in [-0.2, 0) is 14.3 Å². The molecule has 0 unspecified atom stereocenters. The van der Waals surface area contributed by atoms with Crippen molar-refractivity contribution in [2.45, 2.75) is 142 Å². The highest BCUT2D eigenvalue weighted by molar-refractivity contribution is 5.81. The molecule has 29 heavy (non-hydrogen) atoms. The number of ether oxygens (including phenoxy) is 2. The lowest BCUT2D eigenvalue weighted by molar-refractivity contribution is -0.139. The Hall–Kier alpha value is -1.06. The van der Waals surface area contributed by atoms with Crippen LogP contribution in [0.25, 0.3) is 0 Å². The Labute approximate surface area is 180 Å². The summed E-state index contributed by atoms with van der Waals surface area (Å²) in [5.41, 5.74) is 0. The molecule has 0 heterocycles. The van der Waals surface area contributed by atoms with Crippen molar-refractivity contribution in [2.24, 2.45) is 0 Å². The first-order valence-corrected chi connectivity index (χ1v) is 12.6. The van der Waals surface area contributed by atoms with Gasteiger partial charge in [0.2, 0.25) is 0 Å². The third-order valence-corrected chi connectivity index (χ3v) is 5.40. The predicted molar refractivity (Wildman–Crippen MR) is 121 cm³/mol. The van der Waals surface area contributed by atoms with E-state index in [4.69, 9.17) is 9.47 Å². The molecule has 0 radical (unpaired) electrons. The Morgan fingerprint density at radius 2 is 0.897 bits per heavy atom. The van der Waals surface area contributed by atoms with Crippen molar-refractivity contribution < 1.29 is 19.1 Å². The highest BCUT2D eigenvalue weighted by Crippen LogP contribution is 2.12. The molecular weight excluding hydrogens is 364 g/mol. The summed E-state index contributed by atoms with van der Waals surface area (Å²) in [6, 6.07) is 0. The fourth-order valence-electron chi connectivity index (χ4n) is 3.50. The van der Waals surface area contributed by atoms with Crippen LogP contribution in [0.3, 0.4) is 0 Å². The maximum absolute atomic E-state index is 11.6. The number of carbonyl (C=O) groups excluding carboxylic acids is 2. The quantitative estimate of drug-likeness (QED) is 0.108. The van der Waals surface area contributed by atoms with E-state index in [9.17, 15) is 9.59 Å². The van der Waals surface area contributed by atoms with Crippen molar-refractivity contribution in [1.29, 1.82) is 0 Å². The normalized spacial score (nSPS) is 10.8. The molecule has 0 fully saturated rings. The summed E-state index contributed by atoms with van der Waals surface area (Å²) >= 11 is 0. The molecule has 172 valence electrons. The summed E-state index contributed by atoms with van der Waals surface area (Å²) in [5.74, 6) is -0.457. The Bertz CT molecular complexity index is 368. The summed E-state index contributed by atoms with van der Waals surface area (Å²) in [7, 11) is 0. The van der Waals surface area contributed by atoms with E-state index in [1.54, 1.807) is 0 Å². The molecular formula is C25H48O4. The first-order chi connectivity index (χ1) is 14.2. The van der Waals surface area contributed by atoms with Gasteiger partial charge in [-0.05, 0) is 12.8 Å². The van der Waals surface area contributed by atoms with Gasteiger partial charge in [-0.1, -0.05) is 123 Å². The SMILES string of the molecule is CCCCCCCCCCCCOC(=O)OC(=O)CCCCCCCCCCC. The van der Waals surface area contributed by atoms with E-state index in [2.05, 4.69) is 13.8 Å². The maximum atomic E-state index is 11.6. The number of hydrogen-bond acceptors (Lipinski definition) is 4. The molecule has 0 amide bonds. The van der Waals surface area contributed by atoms with Crippen LogP contribution in [-0.4, -0.2) is 18.7 Å². The molecule has 4 nitrogen and oxygen atoms in total. The summed E-state index contributed by atoms with van der Waals surface area (Å²) < 4.78 is 9.71. The first kappa shape index (κ1) is 27.9. The lowest BCUT2D eigenvalue weighted by Crippen LogP contribution is -2.14. The molecule has 0 saturated heterocycles. The third kappa shape index (κ3) is 23.1. The van der Waals surface area contributed by atoms with Crippen molar-refractivity contribution in [3.05, 3.63) is 0 Å². The maximum Gasteiger partial charge on any atom is 0.516 e. The van der Waals surface area contributed by atoms with E-state index < -0.39 is 12.1 Å². The van der Waals surface area contributed by atoms with E-state index in [1.165, 1.54) is 89.9 Å². The van der Waals surface area contributed by atoms with E-state index in [1.807, 2.05) is 0 Å². The first-order valence-electron chi connectivity index (χ1n) is 12.6. The minimum Gasteiger partial charge on any atom is -0.434 e. The average Bonchev–Trinajstić information content (AvgIpc) is 2.70. The highest BCUT2D eigenvalue weighted by Gasteiger charge is 2.11. The largest absolute Gasteiger partial charge is 0.516 e. The molecule has 0 N–H and O–H groups in total. The number of carbonyl (C=O) groups is 2. The molecule has 0 aromatic rings. The van der Waals surface area contributed by atoms with E-state index in [0.717, 1.165) is 32.1 Å². The van der Waals surface area contributed by atoms with Gasteiger partial charge in [0.1, 0.15) is 0 Å². The van der Waals surface area contributed by atoms with Crippen LogP contribution in [0.4, 0.5) is 4.79 Å². The minimum atomic E-state index is -0.832. The van der Waals surface area contributed by atoms with Crippen LogP contribution in [0.15, 0.2) is 0 Å². The van der Waals surface area contributed by atoms with Crippen molar-refractivity contribution in [2.75, 3.05) is 6.61 Å². The summed E-state index contributed by atoms with van der Waals surface area (Å²) in [6.07, 6.45) is 22.6. The molecule has 0 bridgehead atoms. The number of esters is 1. The van der Waals surface area contributed by atoms with Gasteiger partial charge in [-0.3, -0.25) is 4.79 Å². The van der Waals surface area contributed by atoms with E-state index in [-0.39, 0.29) is 0 Å². The summed E-state index contributed by atoms with van der Waals surface area (Å²) in [4.78, 5) is 23.1. The third-order valence-electron chi connectivity index (χ3n) is 5.40. The molecule has 0 aromatic carbocycles. The van der Waals surface area contributed by atoms with Gasteiger partial charge < -0.3 is 9.47 Å². The standard InChI is InChI=1S/C25H48O4/c1-3-5-7-9-11-13-15-17-19-21-23-28-25(27)29-24(26)22-20-18-16-14-12-10-8-6-4-2/h3-23H2,1-2H3. The summed E-state index contributed by atoms with van der Waals surface area (Å²) in [5, 5.41) is 0. The van der Waals surface area contributed by atoms with Crippen LogP contribution in [0.1, 0.15) is 142 Å². The zero-order valence-electron chi connectivity index (χ0n) is 19.5. The van der Waals surface area contributed by atoms with Gasteiger partial charge in [-0.15, -0.1) is 0 Å². The van der Waals surface area contributed by atoms with Gasteiger partial charge in [0, 0.05) is 6.42 Å². The van der Waals surface area contributed by atoms with Gasteiger partial charge in [-0.2, -0.15) is 0 Å². The summed E-state index contributed by atoms with van der Waals surface area (Å²) in [6.45, 7) is 4.82. The van der Waals surface area contributed by atoms with Gasteiger partial charge in [-0.25, -0.2) is 4.79 Å². The Balaban J connectivity index is 3.31. The van der Waals surface area contributed by atoms with Crippen LogP contribution < -0.4 is 0 Å². The van der Waals surface area contributed by atoms with Gasteiger partial charge >= 0.3 is 12.1 Å². The van der Waals surface area contributed by atoms with Crippen LogP contribution in [0.2, 0.25) is 0 Å². The topological polar surface area (TPSA) is 52.6 Å². The van der Waals surface area contributed by atoms with Crippen molar-refractivity contribution in [3.8, 4) is 0 Å². The van der Waals surface area contributed by atoms with Crippen LogP contribution in [0.5, 0.6) is 0 Å². The molecule has 0 aliphatic rings. The van der Waals surface area contributed by atoms with Crippen LogP contribution in [0, 0.1) is 0 Å². The minimum absolute atomic E-state index is 0.309. The highest BCUT2D eigenvalue weighted by atomic mass is 16.7. The second-order valence-corrected chi connectivity index (χ2v) is 8.33. The average molecular weight is 413 g/mol. The number of rotatable bonds is 21. The Morgan fingerprint density at radius 1 is 0.517 bits per heavy atom. The molecule has 0 aliphatic carbocycles. The van der Waals surface area contributed by atoms with Gasteiger partial charge in [0.05, 0.1) is 6.61 Å². The van der Waals surface area contributed by atoms with Crippen LogP contribution >= 0.6 is 0 Å². The van der Waals surface area contributed by atoms with Crippen molar-refractivity contribution in [3.63, 3.8) is 0 Å².